The monoisotopic (exact) mass is 463 g/mol. The molecule has 0 aliphatic carbocycles. The molecular formula is C28H25N5O2. The summed E-state index contributed by atoms with van der Waals surface area (Å²) in [6.45, 7) is 2.40. The molecule has 0 aliphatic heterocycles. The van der Waals surface area contributed by atoms with Crippen molar-refractivity contribution in [3.63, 3.8) is 0 Å². The van der Waals surface area contributed by atoms with Crippen LogP contribution in [0.1, 0.15) is 11.3 Å². The molecule has 0 fully saturated rings. The number of hydrogen-bond acceptors (Lipinski definition) is 5. The van der Waals surface area contributed by atoms with E-state index in [4.69, 9.17) is 19.9 Å². The summed E-state index contributed by atoms with van der Waals surface area (Å²) in [7, 11) is 0. The van der Waals surface area contributed by atoms with Crippen LogP contribution in [0.15, 0.2) is 83.9 Å². The third-order valence-electron chi connectivity index (χ3n) is 6.33. The van der Waals surface area contributed by atoms with Crippen LogP contribution >= 0.6 is 0 Å². The Hall–Kier alpha value is -4.36. The minimum Gasteiger partial charge on any atom is -0.490 e. The lowest BCUT2D eigenvalue weighted by atomic mass is 9.99. The van der Waals surface area contributed by atoms with Crippen molar-refractivity contribution in [1.82, 2.24) is 20.2 Å². The van der Waals surface area contributed by atoms with E-state index in [1.54, 1.807) is 18.7 Å². The van der Waals surface area contributed by atoms with Gasteiger partial charge in [-0.3, -0.25) is 10.1 Å². The molecule has 174 valence electrons. The van der Waals surface area contributed by atoms with Crippen molar-refractivity contribution in [2.24, 2.45) is 5.73 Å². The fourth-order valence-electron chi connectivity index (χ4n) is 4.52. The lowest BCUT2D eigenvalue weighted by Gasteiger charge is -2.15. The number of nitrogens with two attached hydrogens (primary N) is 1. The van der Waals surface area contributed by atoms with E-state index in [1.165, 1.54) is 10.9 Å². The average molecular weight is 464 g/mol. The van der Waals surface area contributed by atoms with Gasteiger partial charge in [0.05, 0.1) is 29.9 Å². The second kappa shape index (κ2) is 8.77. The fraction of sp³-hybridized carbons (Fsp3) is 0.143. The van der Waals surface area contributed by atoms with Gasteiger partial charge in [-0.15, -0.1) is 0 Å². The number of benzene rings is 2. The lowest BCUT2D eigenvalue weighted by Crippen LogP contribution is -2.30. The van der Waals surface area contributed by atoms with E-state index in [0.29, 0.717) is 18.8 Å². The second-order valence-electron chi connectivity index (χ2n) is 8.79. The van der Waals surface area contributed by atoms with Gasteiger partial charge < -0.3 is 19.9 Å². The van der Waals surface area contributed by atoms with Crippen molar-refractivity contribution >= 4 is 21.8 Å². The van der Waals surface area contributed by atoms with E-state index >= 15 is 0 Å². The van der Waals surface area contributed by atoms with Gasteiger partial charge in [0.15, 0.2) is 0 Å². The zero-order chi connectivity index (χ0) is 23.8. The maximum Gasteiger partial charge on any atom is 0.138 e. The van der Waals surface area contributed by atoms with Crippen LogP contribution in [0.3, 0.4) is 0 Å². The number of furan rings is 1. The van der Waals surface area contributed by atoms with Crippen LogP contribution in [-0.4, -0.2) is 32.8 Å². The van der Waals surface area contributed by atoms with Crippen molar-refractivity contribution in [3.05, 3.63) is 90.8 Å². The first-order valence-corrected chi connectivity index (χ1v) is 11.6. The molecule has 7 heteroatoms. The van der Waals surface area contributed by atoms with Crippen molar-refractivity contribution in [2.75, 3.05) is 6.61 Å². The van der Waals surface area contributed by atoms with Gasteiger partial charge in [0.25, 0.3) is 0 Å². The highest BCUT2D eigenvalue weighted by Gasteiger charge is 2.15. The number of para-hydroxylation sites is 1. The van der Waals surface area contributed by atoms with Crippen LogP contribution in [0.2, 0.25) is 0 Å². The number of ether oxygens (including phenoxy) is 1. The standard InChI is InChI=1S/C28H25N5O2/c1-17-24-11-18(6-7-27(24)33-32-17)25-12-22(14-31-28(25)19-8-9-34-15-19)35-16-21(29)10-20-13-30-26-5-3-2-4-23(20)26/h2-9,11-15,21,30H,10,16,29H2,1H3,(H,32,33). The number of aromatic nitrogens is 4. The molecule has 0 bridgehead atoms. The predicted octanol–water partition coefficient (Wildman–Crippen LogP) is 5.62. The van der Waals surface area contributed by atoms with Gasteiger partial charge in [-0.05, 0) is 54.8 Å². The normalized spacial score (nSPS) is 12.4. The van der Waals surface area contributed by atoms with E-state index in [2.05, 4.69) is 39.4 Å². The van der Waals surface area contributed by atoms with Gasteiger partial charge in [-0.25, -0.2) is 0 Å². The smallest absolute Gasteiger partial charge is 0.138 e. The van der Waals surface area contributed by atoms with Crippen LogP contribution in [0.5, 0.6) is 5.75 Å². The van der Waals surface area contributed by atoms with Crippen LogP contribution in [0, 0.1) is 6.92 Å². The molecule has 4 N–H and O–H groups in total. The van der Waals surface area contributed by atoms with Crippen LogP contribution in [-0.2, 0) is 6.42 Å². The van der Waals surface area contributed by atoms with Crippen molar-refractivity contribution in [2.45, 2.75) is 19.4 Å². The number of nitrogens with one attached hydrogen (secondary N) is 2. The summed E-state index contributed by atoms with van der Waals surface area (Å²) in [6, 6.07) is 18.2. The van der Waals surface area contributed by atoms with Gasteiger partial charge in [0.1, 0.15) is 12.4 Å². The Morgan fingerprint density at radius 2 is 1.97 bits per heavy atom. The average Bonchev–Trinajstić information content (AvgIpc) is 3.64. The molecule has 6 aromatic rings. The minimum absolute atomic E-state index is 0.156. The summed E-state index contributed by atoms with van der Waals surface area (Å²) in [5, 5.41) is 9.67. The molecule has 0 aliphatic rings. The van der Waals surface area contributed by atoms with E-state index in [1.807, 2.05) is 43.5 Å². The molecule has 2 aromatic carbocycles. The number of aromatic amines is 2. The van der Waals surface area contributed by atoms with Gasteiger partial charge in [-0.2, -0.15) is 5.10 Å². The molecule has 0 amide bonds. The topological polar surface area (TPSA) is 106 Å². The molecule has 0 spiro atoms. The van der Waals surface area contributed by atoms with Crippen LogP contribution in [0.25, 0.3) is 44.2 Å². The molecule has 1 unspecified atom stereocenters. The molecule has 0 saturated heterocycles. The van der Waals surface area contributed by atoms with Crippen molar-refractivity contribution < 1.29 is 9.15 Å². The lowest BCUT2D eigenvalue weighted by molar-refractivity contribution is 0.287. The Morgan fingerprint density at radius 3 is 2.86 bits per heavy atom. The summed E-state index contributed by atoms with van der Waals surface area (Å²) in [4.78, 5) is 8.03. The number of fused-ring (bicyclic) bond motifs is 2. The predicted molar refractivity (Wildman–Crippen MR) is 137 cm³/mol. The highest BCUT2D eigenvalue weighted by Crippen LogP contribution is 2.35. The third-order valence-corrected chi connectivity index (χ3v) is 6.33. The summed E-state index contributed by atoms with van der Waals surface area (Å²) in [5.41, 5.74) is 14.4. The van der Waals surface area contributed by atoms with Crippen LogP contribution < -0.4 is 10.5 Å². The van der Waals surface area contributed by atoms with Gasteiger partial charge in [0.2, 0.25) is 0 Å². The van der Waals surface area contributed by atoms with Gasteiger partial charge in [-0.1, -0.05) is 24.3 Å². The SMILES string of the molecule is Cc1[nH]nc2ccc(-c3cc(OCC(N)Cc4c[nH]c5ccccc45)cnc3-c3ccoc3)cc12. The van der Waals surface area contributed by atoms with E-state index in [9.17, 15) is 0 Å². The number of aryl methyl sites for hydroxylation is 1. The fourth-order valence-corrected chi connectivity index (χ4v) is 4.52. The van der Waals surface area contributed by atoms with Crippen molar-refractivity contribution in [1.29, 1.82) is 0 Å². The zero-order valence-corrected chi connectivity index (χ0v) is 19.3. The molecule has 35 heavy (non-hydrogen) atoms. The largest absolute Gasteiger partial charge is 0.490 e. The first-order chi connectivity index (χ1) is 17.2. The minimum atomic E-state index is -0.156. The Labute approximate surface area is 201 Å². The van der Waals surface area contributed by atoms with Crippen LogP contribution in [0.4, 0.5) is 0 Å². The van der Waals surface area contributed by atoms with Gasteiger partial charge in [0, 0.05) is 45.3 Å². The van der Waals surface area contributed by atoms with Crippen molar-refractivity contribution in [3.8, 4) is 28.1 Å². The highest BCUT2D eigenvalue weighted by atomic mass is 16.5. The molecule has 4 aromatic heterocycles. The number of H-pyrrole nitrogens is 2. The number of rotatable bonds is 7. The Morgan fingerprint density at radius 1 is 1.06 bits per heavy atom. The first-order valence-electron chi connectivity index (χ1n) is 11.6. The van der Waals surface area contributed by atoms with E-state index in [0.717, 1.165) is 44.5 Å². The molecule has 7 nitrogen and oxygen atoms in total. The molecule has 1 atom stereocenters. The molecular weight excluding hydrogens is 438 g/mol. The summed E-state index contributed by atoms with van der Waals surface area (Å²) >= 11 is 0. The third kappa shape index (κ3) is 4.06. The number of nitrogens with zero attached hydrogens (tertiary/aromatic N) is 2. The highest BCUT2D eigenvalue weighted by molar-refractivity contribution is 5.90. The Bertz CT molecular complexity index is 1610. The number of pyridine rings is 1. The molecule has 4 heterocycles. The zero-order valence-electron chi connectivity index (χ0n) is 19.3. The second-order valence-corrected chi connectivity index (χ2v) is 8.79. The molecule has 0 radical (unpaired) electrons. The van der Waals surface area contributed by atoms with Gasteiger partial charge >= 0.3 is 0 Å². The summed E-state index contributed by atoms with van der Waals surface area (Å²) < 4.78 is 11.4. The molecule has 0 saturated carbocycles. The number of hydrogen-bond donors (Lipinski definition) is 3. The Kier molecular flexibility index (Phi) is 5.31. The summed E-state index contributed by atoms with van der Waals surface area (Å²) in [5.74, 6) is 0.672. The van der Waals surface area contributed by atoms with E-state index in [-0.39, 0.29) is 6.04 Å². The summed E-state index contributed by atoms with van der Waals surface area (Å²) in [6.07, 6.45) is 7.83. The quantitative estimate of drug-likeness (QED) is 0.285. The van der Waals surface area contributed by atoms with E-state index < -0.39 is 0 Å². The first kappa shape index (κ1) is 21.2. The maximum atomic E-state index is 6.44. The Balaban J connectivity index is 1.27. The maximum absolute atomic E-state index is 6.44. The molecule has 6 rings (SSSR count).